The van der Waals surface area contributed by atoms with Crippen LogP contribution in [-0.4, -0.2) is 16.4 Å². The van der Waals surface area contributed by atoms with E-state index in [1.807, 2.05) is 0 Å². The van der Waals surface area contributed by atoms with Crippen molar-refractivity contribution in [1.29, 1.82) is 0 Å². The molecule has 0 saturated heterocycles. The van der Waals surface area contributed by atoms with E-state index in [4.69, 9.17) is 9.79 Å². The van der Waals surface area contributed by atoms with E-state index >= 15 is 0 Å². The SMILES string of the molecule is CCCCCCCCCCCCCCCCCCOP(=O)(O)O.[K+]. The molecule has 0 unspecified atom stereocenters. The third-order valence-corrected chi connectivity index (χ3v) is 4.78. The third-order valence-electron chi connectivity index (χ3n) is 4.26. The zero-order chi connectivity index (χ0) is 17.2. The van der Waals surface area contributed by atoms with Crippen LogP contribution in [-0.2, 0) is 9.09 Å². The van der Waals surface area contributed by atoms with Crippen molar-refractivity contribution in [2.24, 2.45) is 0 Å². The van der Waals surface area contributed by atoms with Crippen LogP contribution in [0.5, 0.6) is 0 Å². The first-order chi connectivity index (χ1) is 11.1. The van der Waals surface area contributed by atoms with Gasteiger partial charge in [-0.3, -0.25) is 4.52 Å². The van der Waals surface area contributed by atoms with Gasteiger partial charge in [0, 0.05) is 0 Å². The zero-order valence-electron chi connectivity index (χ0n) is 16.2. The van der Waals surface area contributed by atoms with Crippen LogP contribution >= 0.6 is 7.82 Å². The molecule has 0 radical (unpaired) electrons. The average molecular weight is 390 g/mol. The topological polar surface area (TPSA) is 66.8 Å². The first kappa shape index (κ1) is 28.0. The van der Waals surface area contributed by atoms with E-state index in [9.17, 15) is 4.57 Å². The van der Waals surface area contributed by atoms with Crippen LogP contribution in [0, 0.1) is 0 Å². The minimum Gasteiger partial charge on any atom is -0.303 e. The maximum Gasteiger partial charge on any atom is 1.00 e. The maximum atomic E-state index is 10.5. The second-order valence-corrected chi connectivity index (χ2v) is 7.87. The van der Waals surface area contributed by atoms with Gasteiger partial charge in [0.15, 0.2) is 0 Å². The summed E-state index contributed by atoms with van der Waals surface area (Å²) in [4.78, 5) is 17.1. The van der Waals surface area contributed by atoms with Gasteiger partial charge in [-0.2, -0.15) is 0 Å². The number of hydrogen-bond acceptors (Lipinski definition) is 2. The molecule has 0 aliphatic carbocycles. The molecule has 0 spiro atoms. The Morgan fingerprint density at radius 3 is 1.21 bits per heavy atom. The van der Waals surface area contributed by atoms with Gasteiger partial charge < -0.3 is 9.79 Å². The third kappa shape index (κ3) is 26.0. The molecule has 0 bridgehead atoms. The first-order valence-corrected chi connectivity index (χ1v) is 11.3. The monoisotopic (exact) mass is 389 g/mol. The molecule has 0 aliphatic rings. The average Bonchev–Trinajstić information content (AvgIpc) is 2.49. The van der Waals surface area contributed by atoms with Gasteiger partial charge in [0.1, 0.15) is 0 Å². The van der Waals surface area contributed by atoms with E-state index in [1.54, 1.807) is 0 Å². The first-order valence-electron chi connectivity index (χ1n) is 9.76. The fourth-order valence-corrected chi connectivity index (χ4v) is 3.20. The Bertz CT molecular complexity index is 284. The maximum absolute atomic E-state index is 10.5. The van der Waals surface area contributed by atoms with Crippen molar-refractivity contribution in [3.05, 3.63) is 0 Å². The van der Waals surface area contributed by atoms with Crippen LogP contribution in [0.4, 0.5) is 0 Å². The summed E-state index contributed by atoms with van der Waals surface area (Å²) >= 11 is 0. The fraction of sp³-hybridized carbons (Fsp3) is 1.00. The summed E-state index contributed by atoms with van der Waals surface area (Å²) < 4.78 is 14.9. The smallest absolute Gasteiger partial charge is 0.303 e. The van der Waals surface area contributed by atoms with Crippen LogP contribution in [0.2, 0.25) is 0 Å². The molecule has 0 saturated carbocycles. The van der Waals surface area contributed by atoms with Gasteiger partial charge in [0.05, 0.1) is 6.61 Å². The molecule has 0 fully saturated rings. The fourth-order valence-electron chi connectivity index (χ4n) is 2.83. The van der Waals surface area contributed by atoms with E-state index in [-0.39, 0.29) is 58.0 Å². The molecule has 0 aromatic heterocycles. The Morgan fingerprint density at radius 2 is 0.917 bits per heavy atom. The number of phosphoric ester groups is 1. The minimum atomic E-state index is -4.26. The number of hydrogen-bond donors (Lipinski definition) is 2. The van der Waals surface area contributed by atoms with Crippen LogP contribution in [0.25, 0.3) is 0 Å². The zero-order valence-corrected chi connectivity index (χ0v) is 20.2. The summed E-state index contributed by atoms with van der Waals surface area (Å²) in [5.74, 6) is 0. The van der Waals surface area contributed by atoms with Crippen molar-refractivity contribution >= 4 is 7.82 Å². The molecule has 0 rings (SSSR count). The minimum absolute atomic E-state index is 0. The molecule has 0 aromatic carbocycles. The Hall–Kier alpha value is 1.75. The molecule has 140 valence electrons. The van der Waals surface area contributed by atoms with E-state index in [0.29, 0.717) is 0 Å². The molecule has 24 heavy (non-hydrogen) atoms. The summed E-state index contributed by atoms with van der Waals surface area (Å²) in [6.07, 6.45) is 20.7. The Morgan fingerprint density at radius 1 is 0.625 bits per heavy atom. The normalized spacial score (nSPS) is 11.5. The van der Waals surface area contributed by atoms with Crippen LogP contribution in [0.15, 0.2) is 0 Å². The summed E-state index contributed by atoms with van der Waals surface area (Å²) in [5, 5.41) is 0. The van der Waals surface area contributed by atoms with Crippen molar-refractivity contribution in [2.45, 2.75) is 110 Å². The van der Waals surface area contributed by atoms with E-state index in [0.717, 1.165) is 19.3 Å². The van der Waals surface area contributed by atoms with Crippen LogP contribution in [0.1, 0.15) is 110 Å². The largest absolute Gasteiger partial charge is 1.00 e. The number of phosphoric acid groups is 1. The standard InChI is InChI=1S/C18H39O4P.K/c1-2-3-4-5-6-7-8-9-10-11-12-13-14-15-16-17-18-22-23(19,20)21;/h2-18H2,1H3,(H2,19,20,21);/q;+1. The van der Waals surface area contributed by atoms with Gasteiger partial charge in [-0.15, -0.1) is 0 Å². The van der Waals surface area contributed by atoms with E-state index in [1.165, 1.54) is 83.5 Å². The summed E-state index contributed by atoms with van der Waals surface area (Å²) in [6, 6.07) is 0. The van der Waals surface area contributed by atoms with E-state index < -0.39 is 7.82 Å². The van der Waals surface area contributed by atoms with Gasteiger partial charge in [-0.05, 0) is 6.42 Å². The second kappa shape index (κ2) is 21.1. The van der Waals surface area contributed by atoms with Crippen molar-refractivity contribution in [1.82, 2.24) is 0 Å². The Balaban J connectivity index is 0. The quantitative estimate of drug-likeness (QED) is 0.214. The number of rotatable bonds is 18. The summed E-state index contributed by atoms with van der Waals surface area (Å²) in [6.45, 7) is 2.43. The molecule has 0 aliphatic heterocycles. The molecule has 6 heteroatoms. The van der Waals surface area contributed by atoms with E-state index in [2.05, 4.69) is 11.4 Å². The molecule has 0 aromatic rings. The molecule has 4 nitrogen and oxygen atoms in total. The van der Waals surface area contributed by atoms with Gasteiger partial charge in [-0.25, -0.2) is 4.57 Å². The van der Waals surface area contributed by atoms with Crippen molar-refractivity contribution in [3.63, 3.8) is 0 Å². The van der Waals surface area contributed by atoms with Gasteiger partial charge >= 0.3 is 59.2 Å². The molecular weight excluding hydrogens is 350 g/mol. The molecule has 0 heterocycles. The van der Waals surface area contributed by atoms with Gasteiger partial charge in [-0.1, -0.05) is 103 Å². The summed E-state index contributed by atoms with van der Waals surface area (Å²) in [7, 11) is -4.26. The van der Waals surface area contributed by atoms with Crippen LogP contribution in [0.3, 0.4) is 0 Å². The van der Waals surface area contributed by atoms with Gasteiger partial charge in [0.2, 0.25) is 0 Å². The predicted molar refractivity (Wildman–Crippen MR) is 97.5 cm³/mol. The van der Waals surface area contributed by atoms with Crippen LogP contribution < -0.4 is 51.4 Å². The number of unbranched alkanes of at least 4 members (excludes halogenated alkanes) is 15. The Kier molecular flexibility index (Phi) is 24.5. The van der Waals surface area contributed by atoms with Crippen molar-refractivity contribution in [2.75, 3.05) is 6.61 Å². The molecule has 0 atom stereocenters. The molecule has 2 N–H and O–H groups in total. The molecular formula is C18H39KO4P+. The van der Waals surface area contributed by atoms with Crippen molar-refractivity contribution in [3.8, 4) is 0 Å². The van der Waals surface area contributed by atoms with Gasteiger partial charge in [0.25, 0.3) is 0 Å². The molecule has 0 amide bonds. The predicted octanol–water partition coefficient (Wildman–Crippen LogP) is 3.36. The second-order valence-electron chi connectivity index (χ2n) is 6.63. The summed E-state index contributed by atoms with van der Waals surface area (Å²) in [5.41, 5.74) is 0. The Labute approximate surface area is 192 Å². The van der Waals surface area contributed by atoms with Crippen molar-refractivity contribution < 1.29 is 70.3 Å².